The third kappa shape index (κ3) is 10.7. The monoisotopic (exact) mass is 252 g/mol. The summed E-state index contributed by atoms with van der Waals surface area (Å²) in [4.78, 5) is 21.1. The van der Waals surface area contributed by atoms with Gasteiger partial charge in [-0.2, -0.15) is 0 Å². The van der Waals surface area contributed by atoms with E-state index in [0.29, 0.717) is 6.61 Å². The van der Waals surface area contributed by atoms with Crippen molar-refractivity contribution in [2.24, 2.45) is 0 Å². The summed E-state index contributed by atoms with van der Waals surface area (Å²) in [5.41, 5.74) is 1.95. The van der Waals surface area contributed by atoms with E-state index in [1.165, 1.54) is 13.8 Å². The third-order valence-corrected chi connectivity index (χ3v) is 1.93. The average Bonchev–Trinajstić information content (AvgIpc) is 2.25. The van der Waals surface area contributed by atoms with E-state index in [4.69, 9.17) is 9.47 Å². The Labute approximate surface area is 108 Å². The molecule has 0 aliphatic heterocycles. The van der Waals surface area contributed by atoms with Crippen LogP contribution in [0.1, 0.15) is 27.7 Å². The Morgan fingerprint density at radius 3 is 2.17 bits per heavy atom. The quantitative estimate of drug-likeness (QED) is 0.538. The molecule has 0 heterocycles. The Kier molecular flexibility index (Phi) is 8.27. The zero-order chi connectivity index (χ0) is 14.0. The van der Waals surface area contributed by atoms with E-state index in [-0.39, 0.29) is 18.5 Å². The molecule has 18 heavy (non-hydrogen) atoms. The fourth-order valence-corrected chi connectivity index (χ4v) is 0.986. The Bertz CT molecular complexity index is 375. The number of hydrogen-bond acceptors (Lipinski definition) is 4. The summed E-state index contributed by atoms with van der Waals surface area (Å²) in [7, 11) is 0. The summed E-state index contributed by atoms with van der Waals surface area (Å²) in [6.45, 7) is 7.13. The van der Waals surface area contributed by atoms with Crippen molar-refractivity contribution in [1.29, 1.82) is 0 Å². The van der Waals surface area contributed by atoms with Gasteiger partial charge in [-0.05, 0) is 25.5 Å². The van der Waals surface area contributed by atoms with Gasteiger partial charge in [0.1, 0.15) is 13.2 Å². The normalized spacial score (nSPS) is 12.7. The van der Waals surface area contributed by atoms with E-state index in [1.54, 1.807) is 0 Å². The topological polar surface area (TPSA) is 52.6 Å². The molecule has 0 aliphatic carbocycles. The molecule has 0 fully saturated rings. The van der Waals surface area contributed by atoms with Gasteiger partial charge in [0, 0.05) is 13.8 Å². The van der Waals surface area contributed by atoms with Gasteiger partial charge in [-0.1, -0.05) is 23.8 Å². The zero-order valence-corrected chi connectivity index (χ0v) is 11.4. The molecule has 0 aromatic heterocycles. The predicted octanol–water partition coefficient (Wildman–Crippen LogP) is 2.56. The molecule has 0 spiro atoms. The van der Waals surface area contributed by atoms with Crippen LogP contribution in [-0.4, -0.2) is 25.2 Å². The van der Waals surface area contributed by atoms with Crippen molar-refractivity contribution in [1.82, 2.24) is 0 Å². The average molecular weight is 252 g/mol. The van der Waals surface area contributed by atoms with E-state index in [9.17, 15) is 9.59 Å². The van der Waals surface area contributed by atoms with Crippen molar-refractivity contribution in [2.75, 3.05) is 13.2 Å². The maximum atomic E-state index is 10.6. The smallest absolute Gasteiger partial charge is 0.302 e. The number of esters is 2. The van der Waals surface area contributed by atoms with E-state index in [2.05, 4.69) is 0 Å². The van der Waals surface area contributed by atoms with Crippen LogP contribution in [0.2, 0.25) is 0 Å². The number of ether oxygens (including phenoxy) is 2. The van der Waals surface area contributed by atoms with Crippen LogP contribution in [0.4, 0.5) is 0 Å². The molecule has 0 atom stereocenters. The Morgan fingerprint density at radius 2 is 1.61 bits per heavy atom. The number of allylic oxidation sites excluding steroid dienone is 4. The van der Waals surface area contributed by atoms with Gasteiger partial charge in [-0.15, -0.1) is 0 Å². The maximum absolute atomic E-state index is 10.6. The largest absolute Gasteiger partial charge is 0.462 e. The first-order valence-corrected chi connectivity index (χ1v) is 5.69. The van der Waals surface area contributed by atoms with Crippen LogP contribution in [0.15, 0.2) is 35.5 Å². The molecular formula is C14H20O4. The minimum absolute atomic E-state index is 0.279. The van der Waals surface area contributed by atoms with Gasteiger partial charge in [0.2, 0.25) is 0 Å². The molecule has 0 amide bonds. The van der Waals surface area contributed by atoms with Crippen molar-refractivity contribution in [3.05, 3.63) is 35.5 Å². The molecule has 4 heteroatoms. The molecule has 0 bridgehead atoms. The van der Waals surface area contributed by atoms with Crippen LogP contribution in [0.25, 0.3) is 0 Å². The number of rotatable bonds is 6. The fraction of sp³-hybridized carbons (Fsp3) is 0.429. The molecule has 100 valence electrons. The minimum Gasteiger partial charge on any atom is -0.462 e. The SMILES string of the molecule is CC(=O)OCC=C(C)C=CC=C(C)COC(C)=O. The molecule has 0 aromatic rings. The third-order valence-electron chi connectivity index (χ3n) is 1.93. The first kappa shape index (κ1) is 16.2. The molecule has 4 nitrogen and oxygen atoms in total. The number of carbonyl (C=O) groups excluding carboxylic acids is 2. The first-order chi connectivity index (χ1) is 8.41. The van der Waals surface area contributed by atoms with Crippen molar-refractivity contribution < 1.29 is 19.1 Å². The lowest BCUT2D eigenvalue weighted by molar-refractivity contribution is -0.140. The summed E-state index contributed by atoms with van der Waals surface area (Å²) < 4.78 is 9.62. The Morgan fingerprint density at radius 1 is 1.00 bits per heavy atom. The van der Waals surface area contributed by atoms with Crippen LogP contribution >= 0.6 is 0 Å². The molecule has 0 rings (SSSR count). The zero-order valence-electron chi connectivity index (χ0n) is 11.4. The Hall–Kier alpha value is -1.84. The van der Waals surface area contributed by atoms with Crippen molar-refractivity contribution in [3.8, 4) is 0 Å². The molecule has 0 unspecified atom stereocenters. The second-order valence-electron chi connectivity index (χ2n) is 3.90. The fourth-order valence-electron chi connectivity index (χ4n) is 0.986. The second-order valence-corrected chi connectivity index (χ2v) is 3.90. The lowest BCUT2D eigenvalue weighted by Crippen LogP contribution is -2.00. The molecular weight excluding hydrogens is 232 g/mol. The molecule has 0 N–H and O–H groups in total. The van der Waals surface area contributed by atoms with Crippen LogP contribution in [-0.2, 0) is 19.1 Å². The predicted molar refractivity (Wildman–Crippen MR) is 69.9 cm³/mol. The summed E-state index contributed by atoms with van der Waals surface area (Å²) in [5, 5.41) is 0. The van der Waals surface area contributed by atoms with Crippen molar-refractivity contribution in [3.63, 3.8) is 0 Å². The minimum atomic E-state index is -0.292. The van der Waals surface area contributed by atoms with Crippen LogP contribution in [0.5, 0.6) is 0 Å². The Balaban J connectivity index is 4.09. The van der Waals surface area contributed by atoms with Gasteiger partial charge in [0.15, 0.2) is 0 Å². The van der Waals surface area contributed by atoms with Gasteiger partial charge < -0.3 is 9.47 Å². The summed E-state index contributed by atoms with van der Waals surface area (Å²) >= 11 is 0. The lowest BCUT2D eigenvalue weighted by Gasteiger charge is -2.00. The van der Waals surface area contributed by atoms with Gasteiger partial charge in [0.05, 0.1) is 0 Å². The molecule has 0 aliphatic rings. The lowest BCUT2D eigenvalue weighted by atomic mass is 10.2. The van der Waals surface area contributed by atoms with E-state index >= 15 is 0 Å². The van der Waals surface area contributed by atoms with Gasteiger partial charge in [-0.25, -0.2) is 0 Å². The van der Waals surface area contributed by atoms with Gasteiger partial charge in [0.25, 0.3) is 0 Å². The maximum Gasteiger partial charge on any atom is 0.302 e. The van der Waals surface area contributed by atoms with E-state index < -0.39 is 0 Å². The summed E-state index contributed by atoms with van der Waals surface area (Å²) in [6, 6.07) is 0. The molecule has 0 saturated carbocycles. The summed E-state index contributed by atoms with van der Waals surface area (Å²) in [6.07, 6.45) is 7.43. The first-order valence-electron chi connectivity index (χ1n) is 5.69. The van der Waals surface area contributed by atoms with E-state index in [1.807, 2.05) is 38.2 Å². The number of carbonyl (C=O) groups is 2. The molecule has 0 radical (unpaired) electrons. The van der Waals surface area contributed by atoms with Crippen LogP contribution in [0, 0.1) is 0 Å². The standard InChI is InChI=1S/C14H20O4/c1-11(8-9-17-13(3)15)6-5-7-12(2)10-18-14(4)16/h5-8H,9-10H2,1-4H3. The van der Waals surface area contributed by atoms with Crippen LogP contribution in [0.3, 0.4) is 0 Å². The highest BCUT2D eigenvalue weighted by Gasteiger charge is 1.92. The summed E-state index contributed by atoms with van der Waals surface area (Å²) in [5.74, 6) is -0.579. The van der Waals surface area contributed by atoms with Crippen molar-refractivity contribution >= 4 is 11.9 Å². The molecule has 0 saturated heterocycles. The van der Waals surface area contributed by atoms with Gasteiger partial charge in [-0.3, -0.25) is 9.59 Å². The highest BCUT2D eigenvalue weighted by molar-refractivity contribution is 5.66. The van der Waals surface area contributed by atoms with Crippen LogP contribution < -0.4 is 0 Å². The second kappa shape index (κ2) is 9.22. The van der Waals surface area contributed by atoms with Gasteiger partial charge >= 0.3 is 11.9 Å². The molecule has 0 aromatic carbocycles. The van der Waals surface area contributed by atoms with Crippen molar-refractivity contribution in [2.45, 2.75) is 27.7 Å². The highest BCUT2D eigenvalue weighted by Crippen LogP contribution is 1.99. The van der Waals surface area contributed by atoms with E-state index in [0.717, 1.165) is 11.1 Å². The highest BCUT2D eigenvalue weighted by atomic mass is 16.5. The number of hydrogen-bond donors (Lipinski definition) is 0.